The Morgan fingerprint density at radius 1 is 1.23 bits per heavy atom. The van der Waals surface area contributed by atoms with Gasteiger partial charge < -0.3 is 5.32 Å². The molecule has 1 nitrogen and oxygen atoms in total. The summed E-state index contributed by atoms with van der Waals surface area (Å²) in [6.45, 7) is 7.22. The van der Waals surface area contributed by atoms with Crippen molar-refractivity contribution >= 4 is 0 Å². The first-order valence-electron chi connectivity index (χ1n) is 5.97. The molecule has 1 rings (SSSR count). The molecule has 0 aromatic rings. The molecule has 1 unspecified atom stereocenters. The molecule has 0 spiro atoms. The van der Waals surface area contributed by atoms with Gasteiger partial charge in [-0.3, -0.25) is 0 Å². The van der Waals surface area contributed by atoms with Crippen molar-refractivity contribution in [3.05, 3.63) is 0 Å². The third-order valence-corrected chi connectivity index (χ3v) is 3.32. The maximum Gasteiger partial charge on any atom is 0.000517 e. The van der Waals surface area contributed by atoms with Gasteiger partial charge in [-0.25, -0.2) is 0 Å². The fraction of sp³-hybridized carbons (Fsp3) is 1.00. The van der Waals surface area contributed by atoms with Crippen LogP contribution in [0.4, 0.5) is 0 Å². The van der Waals surface area contributed by atoms with Gasteiger partial charge >= 0.3 is 0 Å². The Hall–Kier alpha value is -0.0400. The van der Waals surface area contributed by atoms with E-state index in [1.54, 1.807) is 0 Å². The van der Waals surface area contributed by atoms with Crippen molar-refractivity contribution in [3.8, 4) is 0 Å². The van der Waals surface area contributed by atoms with E-state index in [0.717, 1.165) is 0 Å². The molecule has 1 fully saturated rings. The second kappa shape index (κ2) is 5.64. The van der Waals surface area contributed by atoms with Crippen LogP contribution in [-0.2, 0) is 0 Å². The maximum atomic E-state index is 3.52. The van der Waals surface area contributed by atoms with Gasteiger partial charge in [-0.15, -0.1) is 0 Å². The molecule has 0 radical (unpaired) electrons. The van der Waals surface area contributed by atoms with E-state index in [0.29, 0.717) is 5.41 Å². The summed E-state index contributed by atoms with van der Waals surface area (Å²) in [5.74, 6) is 0. The summed E-state index contributed by atoms with van der Waals surface area (Å²) in [5, 5.41) is 3.52. The monoisotopic (exact) mass is 183 g/mol. The summed E-state index contributed by atoms with van der Waals surface area (Å²) < 4.78 is 0. The topological polar surface area (TPSA) is 12.0 Å². The largest absolute Gasteiger partial charge is 0.316 e. The maximum absolute atomic E-state index is 3.52. The smallest absolute Gasteiger partial charge is 0.000517 e. The summed E-state index contributed by atoms with van der Waals surface area (Å²) in [7, 11) is 0. The lowest BCUT2D eigenvalue weighted by Gasteiger charge is -2.34. The summed E-state index contributed by atoms with van der Waals surface area (Å²) >= 11 is 0. The van der Waals surface area contributed by atoms with Crippen molar-refractivity contribution in [3.63, 3.8) is 0 Å². The average Bonchev–Trinajstić information content (AvgIpc) is 2.14. The zero-order valence-corrected chi connectivity index (χ0v) is 9.36. The molecule has 1 atom stereocenters. The molecule has 0 aliphatic carbocycles. The number of unbranched alkanes of at least 4 members (excludes halogenated alkanes) is 3. The van der Waals surface area contributed by atoms with Crippen LogP contribution in [0.1, 0.15) is 58.8 Å². The predicted molar refractivity (Wildman–Crippen MR) is 59.0 cm³/mol. The van der Waals surface area contributed by atoms with E-state index in [9.17, 15) is 0 Å². The van der Waals surface area contributed by atoms with Gasteiger partial charge in [-0.05, 0) is 31.2 Å². The van der Waals surface area contributed by atoms with Crippen LogP contribution in [0.5, 0.6) is 0 Å². The van der Waals surface area contributed by atoms with Crippen LogP contribution in [0, 0.1) is 5.41 Å². The molecule has 0 bridgehead atoms. The third kappa shape index (κ3) is 4.12. The Bertz CT molecular complexity index is 125. The van der Waals surface area contributed by atoms with Gasteiger partial charge in [0, 0.05) is 6.54 Å². The third-order valence-electron chi connectivity index (χ3n) is 3.32. The van der Waals surface area contributed by atoms with Gasteiger partial charge in [0.15, 0.2) is 0 Å². The number of rotatable bonds is 5. The standard InChI is InChI=1S/C12H25N/c1-3-4-5-6-8-12(2)9-7-10-13-11-12/h13H,3-11H2,1-2H3. The molecule has 0 saturated carbocycles. The fourth-order valence-electron chi connectivity index (χ4n) is 2.31. The zero-order chi connectivity index (χ0) is 9.57. The summed E-state index contributed by atoms with van der Waals surface area (Å²) in [5.41, 5.74) is 0.617. The number of piperidine rings is 1. The van der Waals surface area contributed by atoms with Gasteiger partial charge in [0.25, 0.3) is 0 Å². The lowest BCUT2D eigenvalue weighted by molar-refractivity contribution is 0.211. The number of hydrogen-bond acceptors (Lipinski definition) is 1. The minimum Gasteiger partial charge on any atom is -0.316 e. The molecule has 1 heteroatoms. The highest BCUT2D eigenvalue weighted by atomic mass is 14.9. The van der Waals surface area contributed by atoms with E-state index in [-0.39, 0.29) is 0 Å². The highest BCUT2D eigenvalue weighted by molar-refractivity contribution is 4.80. The minimum atomic E-state index is 0.617. The van der Waals surface area contributed by atoms with Crippen LogP contribution in [-0.4, -0.2) is 13.1 Å². The zero-order valence-electron chi connectivity index (χ0n) is 9.36. The van der Waals surface area contributed by atoms with Crippen LogP contribution in [0.2, 0.25) is 0 Å². The second-order valence-electron chi connectivity index (χ2n) is 4.90. The molecule has 1 aliphatic rings. The van der Waals surface area contributed by atoms with Crippen molar-refractivity contribution in [1.82, 2.24) is 5.32 Å². The lowest BCUT2D eigenvalue weighted by Crippen LogP contribution is -2.37. The van der Waals surface area contributed by atoms with E-state index >= 15 is 0 Å². The van der Waals surface area contributed by atoms with Crippen LogP contribution in [0.25, 0.3) is 0 Å². The van der Waals surface area contributed by atoms with Gasteiger partial charge in [-0.1, -0.05) is 39.5 Å². The molecule has 0 aromatic heterocycles. The number of hydrogen-bond donors (Lipinski definition) is 1. The van der Waals surface area contributed by atoms with Crippen LogP contribution in [0.3, 0.4) is 0 Å². The quantitative estimate of drug-likeness (QED) is 0.645. The summed E-state index contributed by atoms with van der Waals surface area (Å²) in [6, 6.07) is 0. The Labute approximate surface area is 83.3 Å². The Morgan fingerprint density at radius 3 is 2.69 bits per heavy atom. The van der Waals surface area contributed by atoms with Crippen LogP contribution < -0.4 is 5.32 Å². The summed E-state index contributed by atoms with van der Waals surface area (Å²) in [6.07, 6.45) is 9.90. The van der Waals surface area contributed by atoms with E-state index in [4.69, 9.17) is 0 Å². The SMILES string of the molecule is CCCCCCC1(C)CCCNC1. The van der Waals surface area contributed by atoms with Gasteiger partial charge in [-0.2, -0.15) is 0 Å². The Kier molecular flexibility index (Phi) is 4.79. The van der Waals surface area contributed by atoms with Crippen molar-refractivity contribution in [1.29, 1.82) is 0 Å². The molecule has 0 amide bonds. The van der Waals surface area contributed by atoms with Crippen LogP contribution >= 0.6 is 0 Å². The molecular weight excluding hydrogens is 158 g/mol. The lowest BCUT2D eigenvalue weighted by atomic mass is 9.78. The van der Waals surface area contributed by atoms with Crippen LogP contribution in [0.15, 0.2) is 0 Å². The average molecular weight is 183 g/mol. The number of nitrogens with one attached hydrogen (secondary N) is 1. The molecule has 78 valence electrons. The summed E-state index contributed by atoms with van der Waals surface area (Å²) in [4.78, 5) is 0. The highest BCUT2D eigenvalue weighted by Gasteiger charge is 2.25. The molecule has 1 heterocycles. The molecule has 1 N–H and O–H groups in total. The van der Waals surface area contributed by atoms with E-state index in [1.807, 2.05) is 0 Å². The predicted octanol–water partition coefficient (Wildman–Crippen LogP) is 3.35. The Balaban J connectivity index is 2.10. The first-order valence-corrected chi connectivity index (χ1v) is 5.97. The first kappa shape index (κ1) is 11.0. The second-order valence-corrected chi connectivity index (χ2v) is 4.90. The van der Waals surface area contributed by atoms with E-state index < -0.39 is 0 Å². The van der Waals surface area contributed by atoms with Gasteiger partial charge in [0.1, 0.15) is 0 Å². The van der Waals surface area contributed by atoms with E-state index in [1.165, 1.54) is 58.0 Å². The van der Waals surface area contributed by atoms with Gasteiger partial charge in [0.05, 0.1) is 0 Å². The fourth-order valence-corrected chi connectivity index (χ4v) is 2.31. The molecular formula is C12H25N. The molecule has 1 saturated heterocycles. The molecule has 0 aromatic carbocycles. The Morgan fingerprint density at radius 2 is 2.08 bits per heavy atom. The van der Waals surface area contributed by atoms with E-state index in [2.05, 4.69) is 19.2 Å². The molecule has 1 aliphatic heterocycles. The van der Waals surface area contributed by atoms with Gasteiger partial charge in [0.2, 0.25) is 0 Å². The highest BCUT2D eigenvalue weighted by Crippen LogP contribution is 2.31. The first-order chi connectivity index (χ1) is 6.27. The van der Waals surface area contributed by atoms with Crippen molar-refractivity contribution in [2.75, 3.05) is 13.1 Å². The normalized spacial score (nSPS) is 29.1. The minimum absolute atomic E-state index is 0.617. The molecule has 13 heavy (non-hydrogen) atoms. The van der Waals surface area contributed by atoms with Crippen molar-refractivity contribution in [2.45, 2.75) is 58.8 Å². The van der Waals surface area contributed by atoms with Crippen molar-refractivity contribution in [2.24, 2.45) is 5.41 Å². The van der Waals surface area contributed by atoms with Crippen molar-refractivity contribution < 1.29 is 0 Å².